The van der Waals surface area contributed by atoms with E-state index in [4.69, 9.17) is 9.81 Å². The molecule has 0 saturated carbocycles. The number of imidazole rings is 1. The van der Waals surface area contributed by atoms with Crippen molar-refractivity contribution in [1.29, 1.82) is 5.26 Å². The monoisotopic (exact) mass is 237 g/mol. The zero-order valence-corrected chi connectivity index (χ0v) is 8.82. The normalized spacial score (nSPS) is 11.5. The van der Waals surface area contributed by atoms with Crippen molar-refractivity contribution in [1.82, 2.24) is 9.97 Å². The molecular formula is C9H7N3O3S. The standard InChI is InChI=1S/C9H7N3O3S/c10-5-4-8-11-6-2-1-3-7(9(6)12-8)16(13,14)15/h1-3H,4H2,(H,11,12)(H,13,14,15). The van der Waals surface area contributed by atoms with E-state index in [0.29, 0.717) is 11.3 Å². The predicted molar refractivity (Wildman–Crippen MR) is 55.2 cm³/mol. The number of aromatic amines is 1. The maximum atomic E-state index is 11.1. The SMILES string of the molecule is N#CCc1nc2c(S(=O)(=O)O)cccc2[nH]1. The predicted octanol–water partition coefficient (Wildman–Crippen LogP) is 0.876. The molecule has 1 heterocycles. The van der Waals surface area contributed by atoms with Gasteiger partial charge in [-0.15, -0.1) is 0 Å². The summed E-state index contributed by atoms with van der Waals surface area (Å²) < 4.78 is 31.1. The van der Waals surface area contributed by atoms with E-state index in [1.807, 2.05) is 6.07 Å². The van der Waals surface area contributed by atoms with Crippen molar-refractivity contribution in [3.8, 4) is 6.07 Å². The van der Waals surface area contributed by atoms with E-state index >= 15 is 0 Å². The molecule has 0 aliphatic rings. The lowest BCUT2D eigenvalue weighted by atomic mass is 10.3. The lowest BCUT2D eigenvalue weighted by Gasteiger charge is -1.96. The fourth-order valence-electron chi connectivity index (χ4n) is 1.42. The summed E-state index contributed by atoms with van der Waals surface area (Å²) in [6.07, 6.45) is 0.0552. The third-order valence-electron chi connectivity index (χ3n) is 2.05. The topological polar surface area (TPSA) is 107 Å². The second-order valence-corrected chi connectivity index (χ2v) is 4.54. The van der Waals surface area contributed by atoms with Gasteiger partial charge in [-0.3, -0.25) is 4.55 Å². The number of rotatable bonds is 2. The van der Waals surface area contributed by atoms with Gasteiger partial charge in [0.25, 0.3) is 10.1 Å². The van der Waals surface area contributed by atoms with Crippen molar-refractivity contribution in [2.45, 2.75) is 11.3 Å². The third-order valence-corrected chi connectivity index (χ3v) is 2.93. The Balaban J connectivity index is 2.74. The molecule has 0 unspecified atom stereocenters. The minimum Gasteiger partial charge on any atom is -0.341 e. The summed E-state index contributed by atoms with van der Waals surface area (Å²) in [7, 11) is -4.30. The first kappa shape index (κ1) is 10.6. The summed E-state index contributed by atoms with van der Waals surface area (Å²) in [5.74, 6) is 0.369. The molecule has 0 aliphatic carbocycles. The number of hydrogen-bond acceptors (Lipinski definition) is 4. The van der Waals surface area contributed by atoms with Gasteiger partial charge in [-0.1, -0.05) is 6.07 Å². The number of hydrogen-bond donors (Lipinski definition) is 2. The summed E-state index contributed by atoms with van der Waals surface area (Å²) in [6.45, 7) is 0. The van der Waals surface area contributed by atoms with Crippen LogP contribution < -0.4 is 0 Å². The van der Waals surface area contributed by atoms with E-state index in [-0.39, 0.29) is 16.8 Å². The maximum Gasteiger partial charge on any atom is 0.296 e. The van der Waals surface area contributed by atoms with Crippen LogP contribution in [0.3, 0.4) is 0 Å². The van der Waals surface area contributed by atoms with Crippen molar-refractivity contribution in [2.24, 2.45) is 0 Å². The molecule has 0 saturated heterocycles. The Morgan fingerprint density at radius 2 is 2.25 bits per heavy atom. The Hall–Kier alpha value is -1.91. The van der Waals surface area contributed by atoms with Crippen molar-refractivity contribution in [2.75, 3.05) is 0 Å². The molecule has 0 bridgehead atoms. The van der Waals surface area contributed by atoms with Crippen LogP contribution in [-0.4, -0.2) is 22.9 Å². The number of benzene rings is 1. The van der Waals surface area contributed by atoms with Crippen LogP contribution in [0.1, 0.15) is 5.82 Å². The zero-order chi connectivity index (χ0) is 11.8. The van der Waals surface area contributed by atoms with Crippen LogP contribution in [-0.2, 0) is 16.5 Å². The molecule has 2 N–H and O–H groups in total. The van der Waals surface area contributed by atoms with Gasteiger partial charge in [-0.2, -0.15) is 13.7 Å². The molecule has 0 atom stereocenters. The largest absolute Gasteiger partial charge is 0.341 e. The van der Waals surface area contributed by atoms with E-state index in [9.17, 15) is 8.42 Å². The third kappa shape index (κ3) is 1.76. The summed E-state index contributed by atoms with van der Waals surface area (Å²) in [5, 5.41) is 8.50. The second kappa shape index (κ2) is 3.59. The average Bonchev–Trinajstić information content (AvgIpc) is 2.58. The Morgan fingerprint density at radius 3 is 2.88 bits per heavy atom. The highest BCUT2D eigenvalue weighted by atomic mass is 32.2. The molecule has 1 aromatic carbocycles. The summed E-state index contributed by atoms with van der Waals surface area (Å²) >= 11 is 0. The highest BCUT2D eigenvalue weighted by Crippen LogP contribution is 2.20. The molecule has 2 rings (SSSR count). The number of nitriles is 1. The molecule has 6 nitrogen and oxygen atoms in total. The molecule has 0 aliphatic heterocycles. The van der Waals surface area contributed by atoms with Crippen LogP contribution >= 0.6 is 0 Å². The van der Waals surface area contributed by atoms with Gasteiger partial charge in [-0.25, -0.2) is 4.98 Å². The molecule has 0 fully saturated rings. The Bertz CT molecular complexity index is 682. The average molecular weight is 237 g/mol. The summed E-state index contributed by atoms with van der Waals surface area (Å²) in [5.41, 5.74) is 0.621. The van der Waals surface area contributed by atoms with Gasteiger partial charge in [0.05, 0.1) is 18.0 Å². The highest BCUT2D eigenvalue weighted by molar-refractivity contribution is 7.86. The van der Waals surface area contributed by atoms with Gasteiger partial charge in [-0.05, 0) is 12.1 Å². The van der Waals surface area contributed by atoms with Crippen molar-refractivity contribution in [3.63, 3.8) is 0 Å². The van der Waals surface area contributed by atoms with Gasteiger partial charge in [0.15, 0.2) is 0 Å². The number of H-pyrrole nitrogens is 1. The lowest BCUT2D eigenvalue weighted by molar-refractivity contribution is 0.484. The first-order valence-corrected chi connectivity index (χ1v) is 5.78. The smallest absolute Gasteiger partial charge is 0.296 e. The van der Waals surface area contributed by atoms with Gasteiger partial charge < -0.3 is 4.98 Å². The summed E-state index contributed by atoms with van der Waals surface area (Å²) in [6, 6.07) is 6.26. The number of para-hydroxylation sites is 1. The van der Waals surface area contributed by atoms with Crippen LogP contribution in [0.2, 0.25) is 0 Å². The molecule has 0 amide bonds. The van der Waals surface area contributed by atoms with E-state index in [2.05, 4.69) is 9.97 Å². The zero-order valence-electron chi connectivity index (χ0n) is 8.01. The maximum absolute atomic E-state index is 11.1. The van der Waals surface area contributed by atoms with Gasteiger partial charge in [0.2, 0.25) is 0 Å². The van der Waals surface area contributed by atoms with Crippen molar-refractivity contribution >= 4 is 21.2 Å². The quantitative estimate of drug-likeness (QED) is 0.754. The van der Waals surface area contributed by atoms with Crippen LogP contribution in [0.25, 0.3) is 11.0 Å². The molecule has 2 aromatic rings. The van der Waals surface area contributed by atoms with Crippen molar-refractivity contribution in [3.05, 3.63) is 24.0 Å². The highest BCUT2D eigenvalue weighted by Gasteiger charge is 2.16. The molecule has 82 valence electrons. The second-order valence-electron chi connectivity index (χ2n) is 3.15. The molecule has 7 heteroatoms. The molecule has 1 aromatic heterocycles. The first-order valence-electron chi connectivity index (χ1n) is 4.34. The van der Waals surface area contributed by atoms with Gasteiger partial charge in [0.1, 0.15) is 16.2 Å². The molecule has 16 heavy (non-hydrogen) atoms. The molecular weight excluding hydrogens is 230 g/mol. The van der Waals surface area contributed by atoms with E-state index in [1.54, 1.807) is 6.07 Å². The van der Waals surface area contributed by atoms with E-state index in [1.165, 1.54) is 12.1 Å². The minimum absolute atomic E-state index is 0.0552. The van der Waals surface area contributed by atoms with E-state index < -0.39 is 10.1 Å². The first-order chi connectivity index (χ1) is 7.52. The van der Waals surface area contributed by atoms with Gasteiger partial charge >= 0.3 is 0 Å². The lowest BCUT2D eigenvalue weighted by Crippen LogP contribution is -1.98. The Labute approximate surface area is 91.3 Å². The number of nitrogens with one attached hydrogen (secondary N) is 1. The fourth-order valence-corrected chi connectivity index (χ4v) is 2.07. The molecule has 0 radical (unpaired) electrons. The van der Waals surface area contributed by atoms with E-state index in [0.717, 1.165) is 0 Å². The summed E-state index contributed by atoms with van der Waals surface area (Å²) in [4.78, 5) is 6.49. The number of aromatic nitrogens is 2. The van der Waals surface area contributed by atoms with Crippen LogP contribution in [0.15, 0.2) is 23.1 Å². The Morgan fingerprint density at radius 1 is 1.50 bits per heavy atom. The minimum atomic E-state index is -4.30. The fraction of sp³-hybridized carbons (Fsp3) is 0.111. The van der Waals surface area contributed by atoms with Gasteiger partial charge in [0, 0.05) is 0 Å². The van der Waals surface area contributed by atoms with Crippen LogP contribution in [0, 0.1) is 11.3 Å². The van der Waals surface area contributed by atoms with Crippen LogP contribution in [0.4, 0.5) is 0 Å². The van der Waals surface area contributed by atoms with Crippen LogP contribution in [0.5, 0.6) is 0 Å². The van der Waals surface area contributed by atoms with Crippen molar-refractivity contribution < 1.29 is 13.0 Å². The number of nitrogens with zero attached hydrogens (tertiary/aromatic N) is 2. The Kier molecular flexibility index (Phi) is 2.38. The molecule has 0 spiro atoms. The number of fused-ring (bicyclic) bond motifs is 1.